The van der Waals surface area contributed by atoms with Crippen molar-refractivity contribution >= 4 is 6.29 Å². The fraction of sp³-hybridized carbons (Fsp3) is 0.250. The summed E-state index contributed by atoms with van der Waals surface area (Å²) in [6.45, 7) is 1.72. The van der Waals surface area contributed by atoms with E-state index in [1.54, 1.807) is 19.2 Å². The molecule has 0 atom stereocenters. The van der Waals surface area contributed by atoms with Crippen LogP contribution in [0.2, 0.25) is 0 Å². The van der Waals surface area contributed by atoms with Crippen molar-refractivity contribution in [3.8, 4) is 0 Å². The minimum atomic E-state index is -0.0975. The lowest BCUT2D eigenvalue weighted by Gasteiger charge is -1.94. The van der Waals surface area contributed by atoms with Gasteiger partial charge in [0.1, 0.15) is 6.29 Å². The van der Waals surface area contributed by atoms with Gasteiger partial charge in [-0.15, -0.1) is 0 Å². The first-order chi connectivity index (χ1) is 5.24. The minimum absolute atomic E-state index is 0.0975. The molecule has 0 amide bonds. The summed E-state index contributed by atoms with van der Waals surface area (Å²) in [6, 6.07) is 1.72. The van der Waals surface area contributed by atoms with E-state index in [0.29, 0.717) is 12.0 Å². The van der Waals surface area contributed by atoms with Gasteiger partial charge in [-0.2, -0.15) is 0 Å². The molecule has 1 N–H and O–H groups in total. The predicted octanol–water partition coefficient (Wildman–Crippen LogP) is 0.425. The molecule has 0 saturated heterocycles. The van der Waals surface area contributed by atoms with E-state index in [1.807, 2.05) is 0 Å². The third-order valence-electron chi connectivity index (χ3n) is 1.47. The van der Waals surface area contributed by atoms with Crippen LogP contribution in [-0.4, -0.2) is 11.3 Å². The summed E-state index contributed by atoms with van der Waals surface area (Å²) in [7, 11) is 0. The number of aryl methyl sites for hydroxylation is 1. The van der Waals surface area contributed by atoms with Gasteiger partial charge in [0.25, 0.3) is 5.56 Å². The number of carbonyl (C=O) groups excluding carboxylic acids is 1. The van der Waals surface area contributed by atoms with Crippen LogP contribution in [0.5, 0.6) is 0 Å². The number of aromatic amines is 1. The van der Waals surface area contributed by atoms with Crippen molar-refractivity contribution in [2.75, 3.05) is 0 Å². The lowest BCUT2D eigenvalue weighted by Crippen LogP contribution is -2.09. The summed E-state index contributed by atoms with van der Waals surface area (Å²) in [6.07, 6.45) is 2.73. The summed E-state index contributed by atoms with van der Waals surface area (Å²) in [5.74, 6) is 0. The van der Waals surface area contributed by atoms with Gasteiger partial charge in [-0.1, -0.05) is 0 Å². The minimum Gasteiger partial charge on any atom is -0.329 e. The summed E-state index contributed by atoms with van der Waals surface area (Å²) in [4.78, 5) is 23.4. The quantitative estimate of drug-likeness (QED) is 0.623. The molecule has 0 aromatic carbocycles. The average molecular weight is 151 g/mol. The monoisotopic (exact) mass is 151 g/mol. The van der Waals surface area contributed by atoms with Gasteiger partial charge in [-0.25, -0.2) is 0 Å². The van der Waals surface area contributed by atoms with Crippen LogP contribution in [0.4, 0.5) is 0 Å². The smallest absolute Gasteiger partial charge is 0.250 e. The standard InChI is InChI=1S/C8H9NO2/c1-6-4-7(2-3-10)5-9-8(6)11/h3-5H,2H2,1H3,(H,9,11). The topological polar surface area (TPSA) is 49.9 Å². The molecule has 0 aliphatic rings. The van der Waals surface area contributed by atoms with Gasteiger partial charge in [0.2, 0.25) is 0 Å². The number of aromatic nitrogens is 1. The SMILES string of the molecule is Cc1cc(CC=O)c[nH]c1=O. The molecule has 0 saturated carbocycles. The van der Waals surface area contributed by atoms with Gasteiger partial charge in [0.15, 0.2) is 0 Å². The van der Waals surface area contributed by atoms with E-state index >= 15 is 0 Å². The van der Waals surface area contributed by atoms with Crippen LogP contribution in [0.1, 0.15) is 11.1 Å². The van der Waals surface area contributed by atoms with Gasteiger partial charge in [-0.3, -0.25) is 4.79 Å². The van der Waals surface area contributed by atoms with Crippen molar-refractivity contribution in [3.63, 3.8) is 0 Å². The van der Waals surface area contributed by atoms with Crippen LogP contribution in [0, 0.1) is 6.92 Å². The molecule has 1 rings (SSSR count). The number of H-pyrrole nitrogens is 1. The Kier molecular flexibility index (Phi) is 2.21. The van der Waals surface area contributed by atoms with E-state index in [1.165, 1.54) is 0 Å². The number of hydrogen-bond donors (Lipinski definition) is 1. The molecule has 58 valence electrons. The normalized spacial score (nSPS) is 9.55. The number of nitrogens with one attached hydrogen (secondary N) is 1. The maximum absolute atomic E-state index is 10.8. The van der Waals surface area contributed by atoms with E-state index in [-0.39, 0.29) is 5.56 Å². The van der Waals surface area contributed by atoms with Crippen LogP contribution in [-0.2, 0) is 11.2 Å². The van der Waals surface area contributed by atoms with Gasteiger partial charge >= 0.3 is 0 Å². The second kappa shape index (κ2) is 3.14. The molecule has 0 fully saturated rings. The van der Waals surface area contributed by atoms with Crippen LogP contribution >= 0.6 is 0 Å². The van der Waals surface area contributed by atoms with Crippen LogP contribution < -0.4 is 5.56 Å². The number of hydrogen-bond acceptors (Lipinski definition) is 2. The number of rotatable bonds is 2. The van der Waals surface area contributed by atoms with E-state index in [4.69, 9.17) is 0 Å². The Bertz CT molecular complexity index is 314. The summed E-state index contributed by atoms with van der Waals surface area (Å²) < 4.78 is 0. The summed E-state index contributed by atoms with van der Waals surface area (Å²) >= 11 is 0. The number of pyridine rings is 1. The van der Waals surface area contributed by atoms with Gasteiger partial charge < -0.3 is 9.78 Å². The van der Waals surface area contributed by atoms with Crippen LogP contribution in [0.25, 0.3) is 0 Å². The molecule has 11 heavy (non-hydrogen) atoms. The van der Waals surface area contributed by atoms with E-state index in [2.05, 4.69) is 4.98 Å². The second-order valence-corrected chi connectivity index (χ2v) is 2.39. The van der Waals surface area contributed by atoms with Crippen molar-refractivity contribution in [2.24, 2.45) is 0 Å². The molecule has 0 aliphatic carbocycles. The van der Waals surface area contributed by atoms with Crippen LogP contribution in [0.3, 0.4) is 0 Å². The maximum atomic E-state index is 10.8. The highest BCUT2D eigenvalue weighted by Gasteiger charge is 1.94. The summed E-state index contributed by atoms with van der Waals surface area (Å²) in [5.41, 5.74) is 1.39. The highest BCUT2D eigenvalue weighted by molar-refractivity contribution is 5.54. The highest BCUT2D eigenvalue weighted by Crippen LogP contribution is 1.95. The third kappa shape index (κ3) is 1.77. The second-order valence-electron chi connectivity index (χ2n) is 2.39. The summed E-state index contributed by atoms with van der Waals surface area (Å²) in [5, 5.41) is 0. The lowest BCUT2D eigenvalue weighted by molar-refractivity contribution is -0.107. The van der Waals surface area contributed by atoms with Gasteiger partial charge in [0, 0.05) is 18.2 Å². The molecule has 0 unspecified atom stereocenters. The first kappa shape index (κ1) is 7.72. The molecular formula is C8H9NO2. The Hall–Kier alpha value is -1.38. The van der Waals surface area contributed by atoms with Gasteiger partial charge in [-0.05, 0) is 18.6 Å². The Morgan fingerprint density at radius 3 is 2.91 bits per heavy atom. The number of aldehydes is 1. The van der Waals surface area contributed by atoms with Crippen molar-refractivity contribution in [3.05, 3.63) is 33.7 Å². The Labute approximate surface area is 64.1 Å². The largest absolute Gasteiger partial charge is 0.329 e. The van der Waals surface area contributed by atoms with Gasteiger partial charge in [0.05, 0.1) is 0 Å². The average Bonchev–Trinajstić information content (AvgIpc) is 1.98. The Morgan fingerprint density at radius 1 is 1.64 bits per heavy atom. The lowest BCUT2D eigenvalue weighted by atomic mass is 10.2. The molecule has 1 aromatic rings. The first-order valence-electron chi connectivity index (χ1n) is 3.36. The molecule has 0 radical (unpaired) electrons. The van der Waals surface area contributed by atoms with E-state index in [0.717, 1.165) is 11.8 Å². The highest BCUT2D eigenvalue weighted by atomic mass is 16.1. The van der Waals surface area contributed by atoms with E-state index in [9.17, 15) is 9.59 Å². The first-order valence-corrected chi connectivity index (χ1v) is 3.36. The number of carbonyl (C=O) groups is 1. The molecule has 0 spiro atoms. The zero-order valence-corrected chi connectivity index (χ0v) is 6.26. The van der Waals surface area contributed by atoms with Crippen molar-refractivity contribution < 1.29 is 4.79 Å². The maximum Gasteiger partial charge on any atom is 0.250 e. The molecule has 0 aliphatic heterocycles. The van der Waals surface area contributed by atoms with Crippen LogP contribution in [0.15, 0.2) is 17.1 Å². The molecule has 0 bridgehead atoms. The fourth-order valence-corrected chi connectivity index (χ4v) is 0.871. The van der Waals surface area contributed by atoms with Crippen molar-refractivity contribution in [1.82, 2.24) is 4.98 Å². The van der Waals surface area contributed by atoms with E-state index < -0.39 is 0 Å². The molecule has 3 nitrogen and oxygen atoms in total. The predicted molar refractivity (Wildman–Crippen MR) is 41.6 cm³/mol. The fourth-order valence-electron chi connectivity index (χ4n) is 0.871. The molecule has 1 heterocycles. The van der Waals surface area contributed by atoms with Crippen molar-refractivity contribution in [1.29, 1.82) is 0 Å². The van der Waals surface area contributed by atoms with Crippen molar-refractivity contribution in [2.45, 2.75) is 13.3 Å². The molecular weight excluding hydrogens is 142 g/mol. The third-order valence-corrected chi connectivity index (χ3v) is 1.47. The molecule has 3 heteroatoms. The Balaban J connectivity index is 3.04. The zero-order chi connectivity index (χ0) is 8.27. The molecule has 1 aromatic heterocycles. The zero-order valence-electron chi connectivity index (χ0n) is 6.26. The Morgan fingerprint density at radius 2 is 2.36 bits per heavy atom.